The van der Waals surface area contributed by atoms with E-state index in [1.807, 2.05) is 0 Å². The van der Waals surface area contributed by atoms with Gasteiger partial charge in [-0.1, -0.05) is 118 Å². The summed E-state index contributed by atoms with van der Waals surface area (Å²) in [7, 11) is 0. The Hall–Kier alpha value is -6.58. The number of allylic oxidation sites excluding steroid dienone is 5. The van der Waals surface area contributed by atoms with Gasteiger partial charge in [0.15, 0.2) is 0 Å². The fourth-order valence-corrected chi connectivity index (χ4v) is 9.63. The Balaban J connectivity index is 1.13. The van der Waals surface area contributed by atoms with E-state index in [4.69, 9.17) is 6.58 Å². The first-order valence-electron chi connectivity index (χ1n) is 19.0. The fraction of sp³-hybridized carbons (Fsp3) is 0.0980. The summed E-state index contributed by atoms with van der Waals surface area (Å²) in [5.41, 5.74) is 17.3. The molecule has 8 aromatic rings. The highest BCUT2D eigenvalue weighted by Crippen LogP contribution is 2.51. The van der Waals surface area contributed by atoms with Gasteiger partial charge >= 0.3 is 0 Å². The first-order valence-corrected chi connectivity index (χ1v) is 19.0. The van der Waals surface area contributed by atoms with Gasteiger partial charge < -0.3 is 14.0 Å². The normalized spacial score (nSPS) is 16.6. The average molecular weight is 694 g/mol. The van der Waals surface area contributed by atoms with Gasteiger partial charge in [0.25, 0.3) is 0 Å². The predicted molar refractivity (Wildman–Crippen MR) is 228 cm³/mol. The Morgan fingerprint density at radius 2 is 1.31 bits per heavy atom. The van der Waals surface area contributed by atoms with Crippen molar-refractivity contribution < 1.29 is 0 Å². The molecule has 2 aromatic heterocycles. The van der Waals surface area contributed by atoms with Gasteiger partial charge in [-0.2, -0.15) is 0 Å². The van der Waals surface area contributed by atoms with Gasteiger partial charge in [0.1, 0.15) is 0 Å². The molecule has 11 rings (SSSR count). The SMILES string of the molecule is C=C1c2c(C=CN(c3ccc4c(c3)C(C)(C)c3ccccc3-4)c3ccc4c(c3)c3ccccc3n4-c3ccccc3)c3ccccc3n2C2=CC=CCC12. The van der Waals surface area contributed by atoms with E-state index in [0.29, 0.717) is 5.92 Å². The highest BCUT2D eigenvalue weighted by atomic mass is 15.1. The molecule has 3 heterocycles. The monoisotopic (exact) mass is 693 g/mol. The van der Waals surface area contributed by atoms with Crippen molar-refractivity contribution >= 4 is 61.4 Å². The number of para-hydroxylation sites is 3. The maximum atomic E-state index is 4.70. The number of hydrogen-bond acceptors (Lipinski definition) is 1. The Morgan fingerprint density at radius 1 is 0.648 bits per heavy atom. The molecule has 1 atom stereocenters. The van der Waals surface area contributed by atoms with Gasteiger partial charge in [-0.05, 0) is 101 Å². The van der Waals surface area contributed by atoms with E-state index in [-0.39, 0.29) is 5.41 Å². The maximum Gasteiger partial charge on any atom is 0.0571 e. The molecule has 258 valence electrons. The van der Waals surface area contributed by atoms with E-state index in [9.17, 15) is 0 Å². The molecule has 0 saturated carbocycles. The van der Waals surface area contributed by atoms with E-state index < -0.39 is 0 Å². The van der Waals surface area contributed by atoms with Crippen molar-refractivity contribution in [2.24, 2.45) is 5.92 Å². The van der Waals surface area contributed by atoms with Crippen molar-refractivity contribution in [3.05, 3.63) is 193 Å². The van der Waals surface area contributed by atoms with Crippen LogP contribution in [-0.4, -0.2) is 9.13 Å². The highest BCUT2D eigenvalue weighted by Gasteiger charge is 2.36. The van der Waals surface area contributed by atoms with Crippen LogP contribution >= 0.6 is 0 Å². The summed E-state index contributed by atoms with van der Waals surface area (Å²) >= 11 is 0. The molecule has 1 aliphatic heterocycles. The first-order chi connectivity index (χ1) is 26.5. The topological polar surface area (TPSA) is 13.1 Å². The van der Waals surface area contributed by atoms with Crippen LogP contribution in [0.15, 0.2) is 171 Å². The smallest absolute Gasteiger partial charge is 0.0571 e. The molecule has 2 aliphatic carbocycles. The molecule has 0 fully saturated rings. The van der Waals surface area contributed by atoms with Gasteiger partial charge in [-0.3, -0.25) is 0 Å². The maximum absolute atomic E-state index is 4.70. The van der Waals surface area contributed by atoms with Gasteiger partial charge in [0, 0.05) is 62.0 Å². The van der Waals surface area contributed by atoms with Crippen LogP contribution < -0.4 is 4.90 Å². The summed E-state index contributed by atoms with van der Waals surface area (Å²) in [6.07, 6.45) is 12.3. The lowest BCUT2D eigenvalue weighted by atomic mass is 9.82. The summed E-state index contributed by atoms with van der Waals surface area (Å²) in [6, 6.07) is 51.1. The summed E-state index contributed by atoms with van der Waals surface area (Å²) in [4.78, 5) is 2.39. The van der Waals surface area contributed by atoms with E-state index in [1.165, 1.54) is 77.5 Å². The molecule has 0 radical (unpaired) electrons. The van der Waals surface area contributed by atoms with Crippen molar-refractivity contribution in [1.29, 1.82) is 0 Å². The van der Waals surface area contributed by atoms with Crippen molar-refractivity contribution in [1.82, 2.24) is 9.13 Å². The number of anilines is 2. The standard InChI is InChI=1S/C51H39N3/c1-33-37-17-8-12-22-46(37)54-48-24-14-9-19-40(48)42(50(33)54)29-30-52(36-25-27-39-38-18-7-11-21-44(38)51(2,3)45(39)32-36)35-26-28-49-43(31-35)41-20-10-13-23-47(41)53(49)34-15-5-4-6-16-34/h4-16,18-32,37H,1,17H2,2-3H3. The third kappa shape index (κ3) is 4.30. The van der Waals surface area contributed by atoms with Gasteiger partial charge in [-0.25, -0.2) is 0 Å². The fourth-order valence-electron chi connectivity index (χ4n) is 9.63. The number of aromatic nitrogens is 2. The van der Waals surface area contributed by atoms with Crippen LogP contribution in [0.2, 0.25) is 0 Å². The lowest BCUT2D eigenvalue weighted by Crippen LogP contribution is -2.16. The molecule has 0 bridgehead atoms. The van der Waals surface area contributed by atoms with Crippen molar-refractivity contribution in [2.45, 2.75) is 25.7 Å². The van der Waals surface area contributed by atoms with Crippen LogP contribution in [0.1, 0.15) is 42.7 Å². The quantitative estimate of drug-likeness (QED) is 0.175. The molecular weight excluding hydrogens is 655 g/mol. The van der Waals surface area contributed by atoms with Crippen LogP contribution in [0, 0.1) is 5.92 Å². The van der Waals surface area contributed by atoms with Gasteiger partial charge in [0.2, 0.25) is 0 Å². The van der Waals surface area contributed by atoms with Crippen molar-refractivity contribution in [3.63, 3.8) is 0 Å². The zero-order chi connectivity index (χ0) is 36.1. The lowest BCUT2D eigenvalue weighted by Gasteiger charge is -2.26. The summed E-state index contributed by atoms with van der Waals surface area (Å²) in [5.74, 6) is 0.308. The van der Waals surface area contributed by atoms with Crippen LogP contribution in [0.25, 0.3) is 66.9 Å². The number of benzene rings is 6. The van der Waals surface area contributed by atoms with Gasteiger partial charge in [0.05, 0.1) is 22.2 Å². The van der Waals surface area contributed by atoms with E-state index in [1.54, 1.807) is 0 Å². The first kappa shape index (κ1) is 31.0. The van der Waals surface area contributed by atoms with Crippen LogP contribution in [0.4, 0.5) is 11.4 Å². The summed E-state index contributed by atoms with van der Waals surface area (Å²) < 4.78 is 4.84. The number of hydrogen-bond donors (Lipinski definition) is 0. The number of rotatable bonds is 5. The lowest BCUT2D eigenvalue weighted by molar-refractivity contribution is 0.660. The van der Waals surface area contributed by atoms with Crippen molar-refractivity contribution in [3.8, 4) is 16.8 Å². The second-order valence-electron chi connectivity index (χ2n) is 15.4. The minimum absolute atomic E-state index is 0.112. The van der Waals surface area contributed by atoms with Crippen molar-refractivity contribution in [2.75, 3.05) is 4.90 Å². The molecule has 3 nitrogen and oxygen atoms in total. The molecule has 0 spiro atoms. The second kappa shape index (κ2) is 11.5. The zero-order valence-corrected chi connectivity index (χ0v) is 30.5. The number of nitrogens with zero attached hydrogens (tertiary/aromatic N) is 3. The Morgan fingerprint density at radius 3 is 2.17 bits per heavy atom. The zero-order valence-electron chi connectivity index (χ0n) is 30.5. The molecule has 3 heteroatoms. The molecule has 54 heavy (non-hydrogen) atoms. The second-order valence-corrected chi connectivity index (χ2v) is 15.4. The average Bonchev–Trinajstić information content (AvgIpc) is 3.89. The molecule has 1 unspecified atom stereocenters. The van der Waals surface area contributed by atoms with E-state index in [2.05, 4.69) is 198 Å². The van der Waals surface area contributed by atoms with Crippen LogP contribution in [-0.2, 0) is 5.41 Å². The van der Waals surface area contributed by atoms with Crippen LogP contribution in [0.5, 0.6) is 0 Å². The molecule has 0 N–H and O–H groups in total. The third-order valence-electron chi connectivity index (χ3n) is 12.2. The summed E-state index contributed by atoms with van der Waals surface area (Å²) in [5, 5.41) is 3.71. The minimum atomic E-state index is -0.112. The molecule has 3 aliphatic rings. The van der Waals surface area contributed by atoms with E-state index in [0.717, 1.165) is 23.5 Å². The third-order valence-corrected chi connectivity index (χ3v) is 12.2. The van der Waals surface area contributed by atoms with E-state index >= 15 is 0 Å². The van der Waals surface area contributed by atoms with Gasteiger partial charge in [-0.15, -0.1) is 0 Å². The Labute approximate surface area is 315 Å². The molecule has 6 aromatic carbocycles. The number of fused-ring (bicyclic) bond motifs is 11. The predicted octanol–water partition coefficient (Wildman–Crippen LogP) is 13.3. The molecule has 0 saturated heterocycles. The largest absolute Gasteiger partial charge is 0.317 e. The van der Waals surface area contributed by atoms with Crippen LogP contribution in [0.3, 0.4) is 0 Å². The minimum Gasteiger partial charge on any atom is -0.317 e. The summed E-state index contributed by atoms with van der Waals surface area (Å²) in [6.45, 7) is 9.42. The Bertz CT molecular complexity index is 2960. The molecular formula is C51H39N3. The Kier molecular flexibility index (Phi) is 6.58. The molecule has 0 amide bonds. The highest BCUT2D eigenvalue weighted by molar-refractivity contribution is 6.11.